The number of methoxy groups -OCH3 is 1. The molecule has 0 fully saturated rings. The maximum absolute atomic E-state index is 12.5. The highest BCUT2D eigenvalue weighted by atomic mass is 16.6. The minimum absolute atomic E-state index is 0.112. The van der Waals surface area contributed by atoms with E-state index in [1.165, 1.54) is 19.3 Å². The molecule has 1 aliphatic heterocycles. The Kier molecular flexibility index (Phi) is 4.17. The number of fused-ring (bicyclic) bond motifs is 2. The van der Waals surface area contributed by atoms with Crippen molar-refractivity contribution < 1.29 is 18.7 Å². The number of carbonyl (C=O) groups is 1. The Hall–Kier alpha value is -4.19. The Balaban J connectivity index is 1.63. The van der Waals surface area contributed by atoms with Crippen LogP contribution in [-0.2, 0) is 9.53 Å². The quantitative estimate of drug-likeness (QED) is 0.293. The van der Waals surface area contributed by atoms with Crippen molar-refractivity contribution in [3.8, 4) is 5.75 Å². The predicted octanol–water partition coefficient (Wildman–Crippen LogP) is 4.30. The number of carbonyl (C=O) groups excluding carboxylic acids is 1. The first-order valence-corrected chi connectivity index (χ1v) is 9.25. The van der Waals surface area contributed by atoms with Gasteiger partial charge in [0.25, 0.3) is 0 Å². The first-order valence-electron chi connectivity index (χ1n) is 9.25. The van der Waals surface area contributed by atoms with Crippen LogP contribution in [0.15, 0.2) is 86.6 Å². The van der Waals surface area contributed by atoms with Crippen LogP contribution in [0.5, 0.6) is 5.75 Å². The minimum Gasteiger partial charge on any atom is -0.497 e. The molecule has 146 valence electrons. The van der Waals surface area contributed by atoms with Gasteiger partial charge in [0.15, 0.2) is 5.70 Å². The van der Waals surface area contributed by atoms with Crippen LogP contribution in [0.3, 0.4) is 0 Å². The monoisotopic (exact) mass is 397 g/mol. The normalized spacial score (nSPS) is 14.9. The summed E-state index contributed by atoms with van der Waals surface area (Å²) in [6, 6.07) is 20.0. The van der Waals surface area contributed by atoms with E-state index < -0.39 is 11.6 Å². The van der Waals surface area contributed by atoms with Crippen molar-refractivity contribution in [2.24, 2.45) is 4.99 Å². The third-order valence-electron chi connectivity index (χ3n) is 4.92. The summed E-state index contributed by atoms with van der Waals surface area (Å²) >= 11 is 0. The van der Waals surface area contributed by atoms with E-state index in [1.54, 1.807) is 18.2 Å². The molecule has 0 N–H and O–H groups in total. The van der Waals surface area contributed by atoms with E-state index in [-0.39, 0.29) is 11.6 Å². The molecule has 3 aromatic carbocycles. The highest BCUT2D eigenvalue weighted by Crippen LogP contribution is 2.27. The van der Waals surface area contributed by atoms with Crippen LogP contribution in [0.25, 0.3) is 27.8 Å². The van der Waals surface area contributed by atoms with Gasteiger partial charge in [-0.05, 0) is 40.6 Å². The van der Waals surface area contributed by atoms with Crippen LogP contribution in [0, 0.1) is 0 Å². The molecule has 6 heteroatoms. The molecule has 1 aliphatic rings. The molecule has 0 amide bonds. The van der Waals surface area contributed by atoms with Crippen LogP contribution in [0.2, 0.25) is 0 Å². The molecule has 4 aromatic rings. The summed E-state index contributed by atoms with van der Waals surface area (Å²) in [5.74, 6) is 0.219. The first kappa shape index (κ1) is 17.9. The fraction of sp³-hybridized carbons (Fsp3) is 0.0417. The van der Waals surface area contributed by atoms with E-state index in [0.717, 1.165) is 16.3 Å². The van der Waals surface area contributed by atoms with Crippen LogP contribution in [0.4, 0.5) is 0 Å². The number of cyclic esters (lactones) is 1. The van der Waals surface area contributed by atoms with Crippen LogP contribution >= 0.6 is 0 Å². The first-order chi connectivity index (χ1) is 14.6. The molecule has 2 heterocycles. The molecule has 5 rings (SSSR count). The van der Waals surface area contributed by atoms with Gasteiger partial charge in [-0.25, -0.2) is 14.6 Å². The molecular formula is C24H15NO5. The van der Waals surface area contributed by atoms with Gasteiger partial charge >= 0.3 is 11.6 Å². The van der Waals surface area contributed by atoms with Crippen molar-refractivity contribution in [2.75, 3.05) is 7.11 Å². The number of rotatable bonds is 3. The molecule has 0 unspecified atom stereocenters. The second kappa shape index (κ2) is 7.00. The lowest BCUT2D eigenvalue weighted by Crippen LogP contribution is -2.06. The summed E-state index contributed by atoms with van der Waals surface area (Å²) in [4.78, 5) is 28.9. The molecule has 30 heavy (non-hydrogen) atoms. The number of hydrogen-bond donors (Lipinski definition) is 0. The third kappa shape index (κ3) is 3.04. The zero-order valence-electron chi connectivity index (χ0n) is 15.9. The fourth-order valence-corrected chi connectivity index (χ4v) is 3.50. The van der Waals surface area contributed by atoms with Gasteiger partial charge in [-0.15, -0.1) is 0 Å². The van der Waals surface area contributed by atoms with Crippen molar-refractivity contribution in [1.29, 1.82) is 0 Å². The van der Waals surface area contributed by atoms with Gasteiger partial charge in [-0.2, -0.15) is 0 Å². The van der Waals surface area contributed by atoms with Gasteiger partial charge < -0.3 is 13.9 Å². The molecule has 0 aliphatic carbocycles. The second-order valence-electron chi connectivity index (χ2n) is 6.75. The third-order valence-corrected chi connectivity index (χ3v) is 4.92. The van der Waals surface area contributed by atoms with Crippen LogP contribution in [-0.4, -0.2) is 19.0 Å². The molecule has 0 radical (unpaired) electrons. The van der Waals surface area contributed by atoms with Gasteiger partial charge in [0.2, 0.25) is 5.90 Å². The van der Waals surface area contributed by atoms with Crippen molar-refractivity contribution in [3.63, 3.8) is 0 Å². The molecule has 0 atom stereocenters. The van der Waals surface area contributed by atoms with E-state index in [9.17, 15) is 9.59 Å². The predicted molar refractivity (Wildman–Crippen MR) is 114 cm³/mol. The van der Waals surface area contributed by atoms with Gasteiger partial charge in [0.1, 0.15) is 11.3 Å². The Morgan fingerprint density at radius 2 is 1.77 bits per heavy atom. The number of aliphatic imine (C=N–C) groups is 1. The minimum atomic E-state index is -0.576. The molecule has 0 saturated heterocycles. The number of benzene rings is 3. The van der Waals surface area contributed by atoms with E-state index in [4.69, 9.17) is 13.9 Å². The van der Waals surface area contributed by atoms with Crippen molar-refractivity contribution in [2.45, 2.75) is 0 Å². The fourth-order valence-electron chi connectivity index (χ4n) is 3.50. The van der Waals surface area contributed by atoms with Crippen molar-refractivity contribution in [1.82, 2.24) is 0 Å². The molecule has 1 aromatic heterocycles. The van der Waals surface area contributed by atoms with Gasteiger partial charge in [0, 0.05) is 23.1 Å². The van der Waals surface area contributed by atoms with Crippen molar-refractivity contribution in [3.05, 3.63) is 94.0 Å². The van der Waals surface area contributed by atoms with E-state index in [2.05, 4.69) is 4.99 Å². The standard InChI is InChI=1S/C24H15NO5/c1-28-16-9-10-18-15(12-22(26)29-21(18)13-16)11-20-24(27)30-23(25-20)19-8-4-6-14-5-2-3-7-17(14)19/h2-13H,1H3/b20-11-. The molecule has 6 nitrogen and oxygen atoms in total. The summed E-state index contributed by atoms with van der Waals surface area (Å²) in [5, 5.41) is 2.61. The Morgan fingerprint density at radius 3 is 2.63 bits per heavy atom. The topological polar surface area (TPSA) is 78.1 Å². The Morgan fingerprint density at radius 1 is 0.933 bits per heavy atom. The summed E-state index contributed by atoms with van der Waals surface area (Å²) in [6.07, 6.45) is 1.53. The SMILES string of the molecule is COc1ccc2c(/C=C3\N=C(c4cccc5ccccc45)OC3=O)cc(=O)oc2c1. The van der Waals surface area contributed by atoms with Crippen LogP contribution in [0.1, 0.15) is 11.1 Å². The van der Waals surface area contributed by atoms with Crippen LogP contribution < -0.4 is 10.4 Å². The maximum Gasteiger partial charge on any atom is 0.363 e. The highest BCUT2D eigenvalue weighted by Gasteiger charge is 2.25. The maximum atomic E-state index is 12.5. The van der Waals surface area contributed by atoms with Gasteiger partial charge in [0.05, 0.1) is 7.11 Å². The molecular weight excluding hydrogens is 382 g/mol. The lowest BCUT2D eigenvalue weighted by atomic mass is 10.0. The Bertz CT molecular complexity index is 1440. The zero-order chi connectivity index (χ0) is 20.7. The number of hydrogen-bond acceptors (Lipinski definition) is 6. The van der Waals surface area contributed by atoms with E-state index >= 15 is 0 Å². The van der Waals surface area contributed by atoms with Gasteiger partial charge in [-0.1, -0.05) is 36.4 Å². The summed E-state index contributed by atoms with van der Waals surface area (Å²) in [6.45, 7) is 0. The summed E-state index contributed by atoms with van der Waals surface area (Å²) in [5.41, 5.74) is 1.18. The number of nitrogens with zero attached hydrogens (tertiary/aromatic N) is 1. The average molecular weight is 397 g/mol. The Labute approximate surface area is 170 Å². The number of esters is 1. The van der Waals surface area contributed by atoms with Gasteiger partial charge in [-0.3, -0.25) is 0 Å². The zero-order valence-corrected chi connectivity index (χ0v) is 15.9. The second-order valence-corrected chi connectivity index (χ2v) is 6.75. The highest BCUT2D eigenvalue weighted by molar-refractivity contribution is 6.17. The lowest BCUT2D eigenvalue weighted by Gasteiger charge is -2.04. The number of ether oxygens (including phenoxy) is 2. The molecule has 0 saturated carbocycles. The van der Waals surface area contributed by atoms with E-state index in [0.29, 0.717) is 22.3 Å². The smallest absolute Gasteiger partial charge is 0.363 e. The summed E-state index contributed by atoms with van der Waals surface area (Å²) < 4.78 is 15.9. The lowest BCUT2D eigenvalue weighted by molar-refractivity contribution is -0.129. The average Bonchev–Trinajstić information content (AvgIpc) is 3.12. The molecule has 0 bridgehead atoms. The van der Waals surface area contributed by atoms with E-state index in [1.807, 2.05) is 42.5 Å². The van der Waals surface area contributed by atoms with Crippen molar-refractivity contribution >= 4 is 39.7 Å². The largest absolute Gasteiger partial charge is 0.497 e. The summed E-state index contributed by atoms with van der Waals surface area (Å²) in [7, 11) is 1.53. The molecule has 0 spiro atoms.